The summed E-state index contributed by atoms with van der Waals surface area (Å²) in [4.78, 5) is 26.1. The molecule has 3 saturated heterocycles. The molecule has 2 aromatic rings. The molecule has 1 aromatic heterocycles. The molecule has 1 N–H and O–H groups in total. The fraction of sp³-hybridized carbons (Fsp3) is 0.476. The Balaban J connectivity index is 1.20. The molecule has 0 spiro atoms. The van der Waals surface area contributed by atoms with Crippen molar-refractivity contribution in [3.63, 3.8) is 0 Å². The molecule has 4 aliphatic rings. The van der Waals surface area contributed by atoms with Gasteiger partial charge in [-0.1, -0.05) is 11.6 Å². The minimum atomic E-state index is -0.0493. The molecule has 2 atom stereocenters. The number of carbonyl (C=O) groups is 1. The van der Waals surface area contributed by atoms with Gasteiger partial charge in [-0.25, -0.2) is 9.97 Å². The summed E-state index contributed by atoms with van der Waals surface area (Å²) < 4.78 is 5.31. The summed E-state index contributed by atoms with van der Waals surface area (Å²) in [5.74, 6) is 2.20. The highest BCUT2D eigenvalue weighted by molar-refractivity contribution is 6.31. The first-order valence-corrected chi connectivity index (χ1v) is 10.4. The summed E-state index contributed by atoms with van der Waals surface area (Å²) in [6, 6.07) is 8.10. The minimum absolute atomic E-state index is 0.0493. The molecule has 29 heavy (non-hydrogen) atoms. The van der Waals surface area contributed by atoms with Gasteiger partial charge in [-0.3, -0.25) is 9.69 Å². The number of carbonyl (C=O) groups excluding carboxylic acids is 1. The van der Waals surface area contributed by atoms with Gasteiger partial charge in [-0.2, -0.15) is 0 Å². The number of nitrogens with zero attached hydrogens (tertiary/aromatic N) is 4. The van der Waals surface area contributed by atoms with Crippen LogP contribution in [0.15, 0.2) is 30.6 Å². The summed E-state index contributed by atoms with van der Waals surface area (Å²) in [6.45, 7) is 2.16. The lowest BCUT2D eigenvalue weighted by atomic mass is 9.87. The number of benzene rings is 1. The van der Waals surface area contributed by atoms with Crippen LogP contribution in [0, 0.1) is 0 Å². The highest BCUT2D eigenvalue weighted by Crippen LogP contribution is 2.40. The van der Waals surface area contributed by atoms with E-state index < -0.39 is 0 Å². The lowest BCUT2D eigenvalue weighted by Crippen LogP contribution is -2.69. The van der Waals surface area contributed by atoms with E-state index in [9.17, 15) is 4.79 Å². The fourth-order valence-electron chi connectivity index (χ4n) is 4.40. The van der Waals surface area contributed by atoms with Gasteiger partial charge in [0.25, 0.3) is 0 Å². The number of hydrogen-bond acceptors (Lipinski definition) is 6. The van der Waals surface area contributed by atoms with Gasteiger partial charge in [-0.05, 0) is 37.5 Å². The van der Waals surface area contributed by atoms with Crippen molar-refractivity contribution in [3.8, 4) is 5.75 Å². The lowest BCUT2D eigenvalue weighted by Gasteiger charge is -2.56. The van der Waals surface area contributed by atoms with E-state index in [2.05, 4.69) is 31.2 Å². The summed E-state index contributed by atoms with van der Waals surface area (Å²) in [5.41, 5.74) is 1.77. The van der Waals surface area contributed by atoms with Crippen LogP contribution in [0.1, 0.15) is 30.9 Å². The Kier molecular flexibility index (Phi) is 4.80. The molecule has 1 aliphatic carbocycles. The number of anilines is 2. The zero-order valence-corrected chi connectivity index (χ0v) is 17.1. The van der Waals surface area contributed by atoms with Gasteiger partial charge in [0.15, 0.2) is 0 Å². The Bertz CT molecular complexity index is 923. The molecule has 3 aliphatic heterocycles. The molecule has 1 amide bonds. The fourth-order valence-corrected chi connectivity index (χ4v) is 4.57. The number of methoxy groups -OCH3 is 1. The highest BCUT2D eigenvalue weighted by Gasteiger charge is 2.45. The van der Waals surface area contributed by atoms with Gasteiger partial charge < -0.3 is 15.0 Å². The summed E-state index contributed by atoms with van der Waals surface area (Å²) >= 11 is 6.05. The molecule has 2 bridgehead atoms. The predicted molar refractivity (Wildman–Crippen MR) is 112 cm³/mol. The Morgan fingerprint density at radius 3 is 2.76 bits per heavy atom. The maximum Gasteiger partial charge on any atom is 0.238 e. The van der Waals surface area contributed by atoms with Gasteiger partial charge in [0.2, 0.25) is 5.91 Å². The number of piperidine rings is 1. The monoisotopic (exact) mass is 413 g/mol. The van der Waals surface area contributed by atoms with Crippen molar-refractivity contribution >= 4 is 29.0 Å². The van der Waals surface area contributed by atoms with E-state index in [0.717, 1.165) is 25.3 Å². The van der Waals surface area contributed by atoms with E-state index in [0.29, 0.717) is 41.0 Å². The third-order valence-corrected chi connectivity index (χ3v) is 6.33. The first-order valence-electron chi connectivity index (χ1n) is 10.1. The van der Waals surface area contributed by atoms with E-state index in [1.54, 1.807) is 31.6 Å². The number of aromatic nitrogens is 2. The number of nitrogens with one attached hydrogen (secondary N) is 1. The van der Waals surface area contributed by atoms with Crippen molar-refractivity contribution in [1.29, 1.82) is 0 Å². The number of amides is 1. The Labute approximate surface area is 175 Å². The van der Waals surface area contributed by atoms with Gasteiger partial charge >= 0.3 is 0 Å². The molecular weight excluding hydrogens is 390 g/mol. The minimum Gasteiger partial charge on any atom is -0.495 e. The average molecular weight is 414 g/mol. The van der Waals surface area contributed by atoms with Crippen molar-refractivity contribution in [1.82, 2.24) is 14.9 Å². The molecule has 6 rings (SSSR count). The van der Waals surface area contributed by atoms with Gasteiger partial charge in [0.05, 0.1) is 19.3 Å². The van der Waals surface area contributed by atoms with Crippen molar-refractivity contribution in [2.24, 2.45) is 0 Å². The van der Waals surface area contributed by atoms with E-state index in [1.807, 2.05) is 0 Å². The molecule has 1 saturated carbocycles. The Morgan fingerprint density at radius 1 is 1.24 bits per heavy atom. The van der Waals surface area contributed by atoms with Crippen LogP contribution in [0.4, 0.5) is 11.5 Å². The zero-order valence-electron chi connectivity index (χ0n) is 16.3. The normalized spacial score (nSPS) is 23.4. The van der Waals surface area contributed by atoms with Crippen LogP contribution in [-0.2, 0) is 4.79 Å². The SMILES string of the molecule is COc1ccc(Cl)cc1NC(=O)CN1C2CC1CN(c1cc(C3CC3)ncn1)C2. The Morgan fingerprint density at radius 2 is 2.03 bits per heavy atom. The van der Waals surface area contributed by atoms with Crippen molar-refractivity contribution in [3.05, 3.63) is 41.3 Å². The smallest absolute Gasteiger partial charge is 0.238 e. The lowest BCUT2D eigenvalue weighted by molar-refractivity contribution is -0.121. The molecule has 2 unspecified atom stereocenters. The maximum absolute atomic E-state index is 12.6. The van der Waals surface area contributed by atoms with Crippen LogP contribution in [0.2, 0.25) is 5.02 Å². The van der Waals surface area contributed by atoms with Crippen molar-refractivity contribution in [2.75, 3.05) is 37.0 Å². The van der Waals surface area contributed by atoms with Gasteiger partial charge in [-0.15, -0.1) is 0 Å². The molecule has 1 aromatic carbocycles. The topological polar surface area (TPSA) is 70.6 Å². The second-order valence-corrected chi connectivity index (χ2v) is 8.53. The summed E-state index contributed by atoms with van der Waals surface area (Å²) in [7, 11) is 1.58. The second kappa shape index (κ2) is 7.46. The predicted octanol–water partition coefficient (Wildman–Crippen LogP) is 2.92. The Hall–Kier alpha value is -2.38. The molecule has 152 valence electrons. The first kappa shape index (κ1) is 18.6. The van der Waals surface area contributed by atoms with Crippen LogP contribution in [0.3, 0.4) is 0 Å². The van der Waals surface area contributed by atoms with Crippen molar-refractivity contribution < 1.29 is 9.53 Å². The molecule has 0 radical (unpaired) electrons. The molecule has 8 heteroatoms. The van der Waals surface area contributed by atoms with Crippen LogP contribution >= 0.6 is 11.6 Å². The average Bonchev–Trinajstić information content (AvgIpc) is 3.58. The maximum atomic E-state index is 12.6. The largest absolute Gasteiger partial charge is 0.495 e. The summed E-state index contributed by atoms with van der Waals surface area (Å²) in [6.07, 6.45) is 5.29. The van der Waals surface area contributed by atoms with Crippen LogP contribution in [-0.4, -0.2) is 59.6 Å². The molecule has 7 nitrogen and oxygen atoms in total. The van der Waals surface area contributed by atoms with Crippen molar-refractivity contribution in [2.45, 2.75) is 37.3 Å². The quantitative estimate of drug-likeness (QED) is 0.785. The van der Waals surface area contributed by atoms with E-state index in [-0.39, 0.29) is 5.91 Å². The third-order valence-electron chi connectivity index (χ3n) is 6.10. The second-order valence-electron chi connectivity index (χ2n) is 8.09. The van der Waals surface area contributed by atoms with Crippen LogP contribution < -0.4 is 15.0 Å². The van der Waals surface area contributed by atoms with E-state index in [1.165, 1.54) is 18.5 Å². The first-order chi connectivity index (χ1) is 14.1. The third kappa shape index (κ3) is 3.76. The van der Waals surface area contributed by atoms with E-state index >= 15 is 0 Å². The molecular formula is C21H24ClN5O2. The number of hydrogen-bond donors (Lipinski definition) is 1. The molecule has 4 fully saturated rings. The molecule has 4 heterocycles. The zero-order chi connectivity index (χ0) is 20.0. The summed E-state index contributed by atoms with van der Waals surface area (Å²) in [5, 5.41) is 3.50. The van der Waals surface area contributed by atoms with Crippen LogP contribution in [0.5, 0.6) is 5.75 Å². The van der Waals surface area contributed by atoms with Gasteiger partial charge in [0.1, 0.15) is 17.9 Å². The van der Waals surface area contributed by atoms with E-state index in [4.69, 9.17) is 16.3 Å². The number of fused-ring (bicyclic) bond motifs is 2. The number of rotatable bonds is 6. The van der Waals surface area contributed by atoms with Gasteiger partial charge in [0, 0.05) is 47.9 Å². The number of piperazine rings is 1. The number of ether oxygens (including phenoxy) is 1. The standard InChI is InChI=1S/C21H24ClN5O2/c1-29-19-5-4-14(22)6-18(19)25-21(28)11-27-15-7-16(27)10-26(9-15)20-8-17(13-2-3-13)23-12-24-20/h4-6,8,12-13,15-16H,2-3,7,9-11H2,1H3,(H,25,28). The van der Waals surface area contributed by atoms with Crippen LogP contribution in [0.25, 0.3) is 0 Å². The highest BCUT2D eigenvalue weighted by atomic mass is 35.5. The number of halogens is 1.